The van der Waals surface area contributed by atoms with Crippen LogP contribution in [0.4, 0.5) is 5.69 Å². The molecule has 1 aromatic rings. The van der Waals surface area contributed by atoms with E-state index in [1.807, 2.05) is 0 Å². The van der Waals surface area contributed by atoms with Crippen LogP contribution in [0.15, 0.2) is 62.2 Å². The van der Waals surface area contributed by atoms with Crippen molar-refractivity contribution in [2.75, 3.05) is 25.6 Å². The van der Waals surface area contributed by atoms with Crippen LogP contribution in [0, 0.1) is 5.41 Å². The van der Waals surface area contributed by atoms with Crippen molar-refractivity contribution in [3.05, 3.63) is 67.8 Å². The number of carboxylic acids is 1. The Labute approximate surface area is 178 Å². The molecule has 0 aliphatic heterocycles. The molecule has 0 bridgehead atoms. The van der Waals surface area contributed by atoms with Crippen molar-refractivity contribution >= 4 is 29.2 Å². The van der Waals surface area contributed by atoms with Crippen LogP contribution < -0.4 is 5.73 Å². The number of aliphatic hydroxyl groups is 3. The zero-order chi connectivity index (χ0) is 24.2. The average molecular weight is 435 g/mol. The molecular weight excluding hydrogens is 410 g/mol. The third kappa shape index (κ3) is 5.72. The molecule has 0 heterocycles. The highest BCUT2D eigenvalue weighted by atomic mass is 16.6. The number of nitrogen functional groups attached to an aromatic ring is 1. The van der Waals surface area contributed by atoms with Crippen molar-refractivity contribution in [1.29, 1.82) is 0 Å². The van der Waals surface area contributed by atoms with Gasteiger partial charge in [0.15, 0.2) is 0 Å². The topological polar surface area (TPSA) is 184 Å². The summed E-state index contributed by atoms with van der Waals surface area (Å²) in [6, 6.07) is 6.36. The summed E-state index contributed by atoms with van der Waals surface area (Å²) in [5.74, 6) is -4.36. The van der Waals surface area contributed by atoms with E-state index >= 15 is 0 Å². The minimum Gasteiger partial charge on any atom is -0.478 e. The van der Waals surface area contributed by atoms with Gasteiger partial charge in [0, 0.05) is 11.8 Å². The maximum Gasteiger partial charge on any atom is 0.337 e. The van der Waals surface area contributed by atoms with E-state index in [2.05, 4.69) is 19.7 Å². The molecule has 6 N–H and O–H groups in total. The van der Waals surface area contributed by atoms with Gasteiger partial charge in [-0.1, -0.05) is 31.9 Å². The first-order chi connectivity index (χ1) is 14.6. The number of esters is 1. The van der Waals surface area contributed by atoms with Gasteiger partial charge in [-0.3, -0.25) is 9.59 Å². The Balaban J connectivity index is 0.000000743. The van der Waals surface area contributed by atoms with Gasteiger partial charge in [0.1, 0.15) is 0 Å². The Morgan fingerprint density at radius 3 is 1.65 bits per heavy atom. The minimum absolute atomic E-state index is 0.155. The molecule has 0 aliphatic carbocycles. The third-order valence-electron chi connectivity index (χ3n) is 4.33. The number of rotatable bonds is 11. The van der Waals surface area contributed by atoms with E-state index in [9.17, 15) is 34.5 Å². The fourth-order valence-corrected chi connectivity index (χ4v) is 2.51. The lowest BCUT2D eigenvalue weighted by Gasteiger charge is -2.43. The van der Waals surface area contributed by atoms with Crippen LogP contribution in [0.1, 0.15) is 10.4 Å². The second-order valence-corrected chi connectivity index (χ2v) is 6.09. The highest BCUT2D eigenvalue weighted by Crippen LogP contribution is 2.37. The van der Waals surface area contributed by atoms with E-state index in [-0.39, 0.29) is 5.56 Å². The normalized spacial score (nSPS) is 10.7. The molecule has 168 valence electrons. The second-order valence-electron chi connectivity index (χ2n) is 6.09. The summed E-state index contributed by atoms with van der Waals surface area (Å²) in [5, 5.41) is 36.9. The molecule has 0 fully saturated rings. The van der Waals surface area contributed by atoms with Crippen LogP contribution in [-0.4, -0.2) is 69.4 Å². The lowest BCUT2D eigenvalue weighted by molar-refractivity contribution is -0.195. The summed E-state index contributed by atoms with van der Waals surface area (Å²) in [7, 11) is 0. The van der Waals surface area contributed by atoms with Crippen LogP contribution in [0.3, 0.4) is 0 Å². The van der Waals surface area contributed by atoms with E-state index in [4.69, 9.17) is 15.6 Å². The summed E-state index contributed by atoms with van der Waals surface area (Å²) in [6.45, 7) is 6.50. The molecule has 0 saturated heterocycles. The van der Waals surface area contributed by atoms with Gasteiger partial charge in [0.25, 0.3) is 0 Å². The van der Waals surface area contributed by atoms with E-state index in [1.54, 1.807) is 18.2 Å². The highest BCUT2D eigenvalue weighted by Gasteiger charge is 2.62. The molecule has 0 unspecified atom stereocenters. The Hall–Kier alpha value is -3.60. The van der Waals surface area contributed by atoms with Crippen molar-refractivity contribution in [3.8, 4) is 0 Å². The molecule has 1 rings (SSSR count). The van der Waals surface area contributed by atoms with E-state index in [1.165, 1.54) is 6.07 Å². The first-order valence-electron chi connectivity index (χ1n) is 8.66. The summed E-state index contributed by atoms with van der Waals surface area (Å²) < 4.78 is 4.85. The molecule has 0 spiro atoms. The first kappa shape index (κ1) is 27.4. The van der Waals surface area contributed by atoms with Crippen LogP contribution >= 0.6 is 0 Å². The van der Waals surface area contributed by atoms with Crippen molar-refractivity contribution in [1.82, 2.24) is 0 Å². The lowest BCUT2D eigenvalue weighted by atomic mass is 9.68. The number of carboxylic acid groups (broad SMARTS) is 1. The molecule has 0 aliphatic rings. The zero-order valence-electron chi connectivity index (χ0n) is 16.7. The molecule has 0 saturated carbocycles. The van der Waals surface area contributed by atoms with Crippen molar-refractivity contribution in [2.24, 2.45) is 5.41 Å². The molecule has 1 aromatic carbocycles. The Bertz CT molecular complexity index is 828. The van der Waals surface area contributed by atoms with Gasteiger partial charge in [-0.15, -0.1) is 0 Å². The number of ether oxygens (including phenoxy) is 1. The number of carbonyl (C=O) groups is 4. The van der Waals surface area contributed by atoms with Crippen LogP contribution in [0.25, 0.3) is 0 Å². The maximum absolute atomic E-state index is 12.2. The monoisotopic (exact) mass is 435 g/mol. The maximum atomic E-state index is 12.2. The number of anilines is 1. The molecular formula is C21H25NO9. The van der Waals surface area contributed by atoms with Crippen molar-refractivity contribution in [3.63, 3.8) is 0 Å². The molecule has 0 atom stereocenters. The number of benzene rings is 1. The van der Waals surface area contributed by atoms with Gasteiger partial charge < -0.3 is 30.9 Å². The molecule has 10 nitrogen and oxygen atoms in total. The Morgan fingerprint density at radius 2 is 1.35 bits per heavy atom. The number of hydrogen-bond donors (Lipinski definition) is 5. The third-order valence-corrected chi connectivity index (χ3v) is 4.33. The number of carbonyl (C=O) groups excluding carboxylic acids is 3. The zero-order valence-corrected chi connectivity index (χ0v) is 16.7. The molecule has 0 amide bonds. The lowest BCUT2D eigenvalue weighted by Crippen LogP contribution is -2.66. The Kier molecular flexibility index (Phi) is 10.8. The second kappa shape index (κ2) is 12.2. The van der Waals surface area contributed by atoms with Gasteiger partial charge in [-0.25, -0.2) is 9.59 Å². The van der Waals surface area contributed by atoms with Gasteiger partial charge in [-0.05, 0) is 24.3 Å². The largest absolute Gasteiger partial charge is 0.478 e. The highest BCUT2D eigenvalue weighted by molar-refractivity contribution is 6.20. The molecule has 10 heteroatoms. The van der Waals surface area contributed by atoms with E-state index in [0.29, 0.717) is 23.9 Å². The number of para-hydroxylation sites is 1. The number of nitrogens with two attached hydrogens (primary N) is 1. The van der Waals surface area contributed by atoms with Gasteiger partial charge in [0.05, 0.1) is 30.8 Å². The average Bonchev–Trinajstić information content (AvgIpc) is 2.78. The van der Waals surface area contributed by atoms with Gasteiger partial charge >= 0.3 is 11.9 Å². The summed E-state index contributed by atoms with van der Waals surface area (Å²) in [5.41, 5.74) is 0.966. The standard InChI is InChI=1S/C14H18O7.C7H7NO2/c1-4-10(18)14(11(19)5-2,21-12(20)6-3)13(7-15,8-16)9-17;8-6-4-2-1-3-5(6)7(9)10/h4-6,15-17H,1-3,7-9H2;1-4H,8H2,(H,9,10). The van der Waals surface area contributed by atoms with Crippen molar-refractivity contribution in [2.45, 2.75) is 5.60 Å². The van der Waals surface area contributed by atoms with E-state index in [0.717, 1.165) is 0 Å². The van der Waals surface area contributed by atoms with Gasteiger partial charge in [0.2, 0.25) is 17.2 Å². The SMILES string of the molecule is C=CC(=O)OC(C(=O)C=C)(C(=O)C=C)C(CO)(CO)CO.Nc1ccccc1C(=O)O. The molecule has 0 radical (unpaired) electrons. The van der Waals surface area contributed by atoms with Crippen LogP contribution in [0.5, 0.6) is 0 Å². The quantitative estimate of drug-likeness (QED) is 0.136. The van der Waals surface area contributed by atoms with Gasteiger partial charge in [-0.2, -0.15) is 0 Å². The molecule has 0 aromatic heterocycles. The number of aliphatic hydroxyl groups excluding tert-OH is 3. The van der Waals surface area contributed by atoms with Crippen LogP contribution in [-0.2, 0) is 19.1 Å². The van der Waals surface area contributed by atoms with Crippen LogP contribution in [0.2, 0.25) is 0 Å². The number of hydrogen-bond acceptors (Lipinski definition) is 9. The molecule has 31 heavy (non-hydrogen) atoms. The van der Waals surface area contributed by atoms with Crippen molar-refractivity contribution < 1.29 is 44.3 Å². The number of aromatic carboxylic acids is 1. The smallest absolute Gasteiger partial charge is 0.337 e. The number of ketones is 2. The Morgan fingerprint density at radius 1 is 0.903 bits per heavy atom. The summed E-state index contributed by atoms with van der Waals surface area (Å²) in [4.78, 5) is 46.2. The summed E-state index contributed by atoms with van der Waals surface area (Å²) >= 11 is 0. The first-order valence-corrected chi connectivity index (χ1v) is 8.66. The minimum atomic E-state index is -2.68. The predicted molar refractivity (Wildman–Crippen MR) is 111 cm³/mol. The summed E-state index contributed by atoms with van der Waals surface area (Å²) in [6.07, 6.45) is 2.07. The van der Waals surface area contributed by atoms with E-state index < -0.39 is 54.3 Å². The fourth-order valence-electron chi connectivity index (χ4n) is 2.51. The predicted octanol–water partition coefficient (Wildman–Crippen LogP) is -0.105. The fraction of sp³-hybridized carbons (Fsp3) is 0.238.